The van der Waals surface area contributed by atoms with Gasteiger partial charge in [0.25, 0.3) is 0 Å². The third kappa shape index (κ3) is 24.3. The van der Waals surface area contributed by atoms with Crippen molar-refractivity contribution in [2.24, 2.45) is 0 Å². The Morgan fingerprint density at radius 1 is 0.246 bits per heavy atom. The van der Waals surface area contributed by atoms with Crippen molar-refractivity contribution in [1.82, 2.24) is 0 Å². The molecule has 0 N–H and O–H groups in total. The number of anilines is 6. The van der Waals surface area contributed by atoms with Crippen LogP contribution in [0.15, 0.2) is 342 Å². The van der Waals surface area contributed by atoms with E-state index >= 15 is 0 Å². The van der Waals surface area contributed by atoms with Gasteiger partial charge in [0.1, 0.15) is 34.5 Å². The van der Waals surface area contributed by atoms with Crippen LogP contribution in [0.3, 0.4) is 0 Å². The maximum absolute atomic E-state index is 6.10. The Kier molecular flexibility index (Phi) is 35.2. The van der Waals surface area contributed by atoms with Gasteiger partial charge in [-0.15, -0.1) is 26.3 Å². The number of hydrogen-bond acceptors (Lipinski definition) is 12. The molecule has 0 atom stereocenters. The summed E-state index contributed by atoms with van der Waals surface area (Å²) in [4.78, 5) is 13.6. The molecule has 12 heteroatoms. The summed E-state index contributed by atoms with van der Waals surface area (Å²) >= 11 is 0. The van der Waals surface area contributed by atoms with Crippen LogP contribution in [0, 0.1) is 0 Å². The van der Waals surface area contributed by atoms with E-state index in [-0.39, 0.29) is 33.1 Å². The molecule has 12 aromatic rings. The number of nitrogens with zero attached hydrogens (tertiary/aromatic N) is 6. The van der Waals surface area contributed by atoms with E-state index in [1.807, 2.05) is 72.8 Å². The summed E-state index contributed by atoms with van der Waals surface area (Å²) in [6, 6.07) is 103. The van der Waals surface area contributed by atoms with Crippen molar-refractivity contribution in [3.63, 3.8) is 0 Å². The van der Waals surface area contributed by atoms with Crippen molar-refractivity contribution in [2.45, 2.75) is 160 Å². The van der Waals surface area contributed by atoms with Crippen molar-refractivity contribution < 1.29 is 28.4 Å². The van der Waals surface area contributed by atoms with Crippen LogP contribution in [0.4, 0.5) is 34.1 Å². The Bertz CT molecular complexity index is 4870. The number of ether oxygens (including phenoxy) is 6. The molecule has 0 saturated heterocycles. The van der Waals surface area contributed by atoms with E-state index in [1.165, 1.54) is 101 Å². The summed E-state index contributed by atoms with van der Waals surface area (Å²) in [6.07, 6.45) is 12.7. The van der Waals surface area contributed by atoms with Crippen LogP contribution in [0.2, 0.25) is 0 Å². The molecule has 0 spiro atoms. The zero-order chi connectivity index (χ0) is 83.4. The van der Waals surface area contributed by atoms with Crippen LogP contribution in [0.25, 0.3) is 0 Å². The topological polar surface area (TPSA) is 74.8 Å². The summed E-state index contributed by atoms with van der Waals surface area (Å²) in [5.74, 6) is 5.92. The molecule has 18 rings (SSSR count). The Labute approximate surface area is 730 Å². The number of rotatable bonds is 16. The van der Waals surface area contributed by atoms with Crippen LogP contribution >= 0.6 is 0 Å². The first kappa shape index (κ1) is 93.1. The van der Waals surface area contributed by atoms with E-state index in [0.29, 0.717) is 40.4 Å². The molecule has 6 aliphatic heterocycles. The second kappa shape index (κ2) is 46.1. The molecule has 0 aliphatic carbocycles. The number of benzene rings is 12. The fourth-order valence-corrected chi connectivity index (χ4v) is 14.7. The summed E-state index contributed by atoms with van der Waals surface area (Å²) < 4.78 is 36.1. The lowest BCUT2D eigenvalue weighted by Gasteiger charge is -2.34. The Balaban J connectivity index is 0.000000188. The lowest BCUT2D eigenvalue weighted by atomic mass is 9.77. The molecular formula is C110H130N6O6. The average Bonchev–Trinajstić information content (AvgIpc) is 0.802. The second-order valence-corrected chi connectivity index (χ2v) is 31.2. The maximum atomic E-state index is 6.10. The smallest absolute Gasteiger partial charge is 0.161 e. The fourth-order valence-electron chi connectivity index (χ4n) is 14.7. The van der Waals surface area contributed by atoms with Gasteiger partial charge in [0.15, 0.2) is 40.4 Å². The molecule has 636 valence electrons. The first-order valence-electron chi connectivity index (χ1n) is 41.9. The molecule has 0 bridgehead atoms. The number of fused-ring (bicyclic) bond motifs is 6. The highest BCUT2D eigenvalue weighted by Crippen LogP contribution is 2.42. The lowest BCUT2D eigenvalue weighted by molar-refractivity contribution is 0.288. The van der Waals surface area contributed by atoms with Gasteiger partial charge in [0.05, 0.1) is 0 Å². The molecule has 6 heterocycles. The minimum absolute atomic E-state index is 0. The first-order chi connectivity index (χ1) is 58.1. The lowest BCUT2D eigenvalue weighted by Crippen LogP contribution is -2.32. The molecule has 6 aliphatic rings. The Morgan fingerprint density at radius 2 is 0.451 bits per heavy atom. The average molecular weight is 1630 g/mol. The molecule has 12 nitrogen and oxygen atoms in total. The highest BCUT2D eigenvalue weighted by atomic mass is 16.5. The normalized spacial score (nSPS) is 13.4. The Hall–Kier alpha value is -12.8. The summed E-state index contributed by atoms with van der Waals surface area (Å²) in [7, 11) is 0. The molecule has 0 amide bonds. The zero-order valence-electron chi connectivity index (χ0n) is 71.0. The Morgan fingerprint density at radius 3 is 0.721 bits per heavy atom. The zero-order valence-corrected chi connectivity index (χ0v) is 71.0. The van der Waals surface area contributed by atoms with Crippen molar-refractivity contribution in [1.29, 1.82) is 0 Å². The fraction of sp³-hybridized carbons (Fsp3) is 0.273. The van der Waals surface area contributed by atoms with E-state index in [0.717, 1.165) is 106 Å². The van der Waals surface area contributed by atoms with E-state index < -0.39 is 0 Å². The minimum Gasteiger partial charge on any atom is -0.473 e. The third-order valence-electron chi connectivity index (χ3n) is 22.1. The molecule has 0 fully saturated rings. The second-order valence-electron chi connectivity index (χ2n) is 31.2. The number of para-hydroxylation sites is 6. The molecule has 0 radical (unpaired) electrons. The largest absolute Gasteiger partial charge is 0.473 e. The van der Waals surface area contributed by atoms with Crippen LogP contribution in [0.1, 0.15) is 170 Å². The van der Waals surface area contributed by atoms with E-state index in [1.54, 1.807) is 0 Å². The van der Waals surface area contributed by atoms with Gasteiger partial charge in [-0.1, -0.05) is 260 Å². The highest BCUT2D eigenvalue weighted by Gasteiger charge is 2.31. The molecule has 0 unspecified atom stereocenters. The number of hydrogen-bond donors (Lipinski definition) is 0. The minimum atomic E-state index is -0.159. The van der Waals surface area contributed by atoms with Crippen LogP contribution in [-0.4, -0.2) is 40.4 Å². The van der Waals surface area contributed by atoms with Gasteiger partial charge in [0.2, 0.25) is 0 Å². The highest BCUT2D eigenvalue weighted by molar-refractivity contribution is 5.60. The van der Waals surface area contributed by atoms with E-state index in [9.17, 15) is 0 Å². The van der Waals surface area contributed by atoms with Gasteiger partial charge in [-0.3, -0.25) is 0 Å². The van der Waals surface area contributed by atoms with Gasteiger partial charge in [-0.25, -0.2) is 0 Å². The van der Waals surface area contributed by atoms with Gasteiger partial charge in [-0.05, 0) is 199 Å². The number of allylic oxidation sites excluding steroid dienone is 4. The van der Waals surface area contributed by atoms with Crippen molar-refractivity contribution in [3.8, 4) is 34.5 Å². The van der Waals surface area contributed by atoms with E-state index in [2.05, 4.69) is 354 Å². The van der Waals surface area contributed by atoms with Crippen LogP contribution in [-0.2, 0) is 56.5 Å². The molecule has 122 heavy (non-hydrogen) atoms. The molecule has 12 aromatic carbocycles. The quantitative estimate of drug-likeness (QED) is 0.0865. The van der Waals surface area contributed by atoms with Gasteiger partial charge in [-0.2, -0.15) is 0 Å². The van der Waals surface area contributed by atoms with Crippen molar-refractivity contribution in [3.05, 3.63) is 409 Å². The molecule has 0 aromatic heterocycles. The van der Waals surface area contributed by atoms with Gasteiger partial charge >= 0.3 is 0 Å². The van der Waals surface area contributed by atoms with Crippen molar-refractivity contribution >= 4 is 34.1 Å². The van der Waals surface area contributed by atoms with Crippen molar-refractivity contribution in [2.75, 3.05) is 69.8 Å². The maximum Gasteiger partial charge on any atom is 0.161 e. The van der Waals surface area contributed by atoms with Crippen LogP contribution < -0.4 is 57.8 Å². The predicted molar refractivity (Wildman–Crippen MR) is 517 cm³/mol. The molecular weight excluding hydrogens is 1500 g/mol. The first-order valence-corrected chi connectivity index (χ1v) is 41.9. The SMILES string of the molecule is C.C.C.C=CCC.C=CCC.C=CCC.C=CCC.CC(C)(c1ccc(N2COc3ccccc3C2)cc1)c1ccc(N2COc3ccccc3C2)cc1.CC(C)(c1ccc2c(c1)CN(c1ccccc1)CO2)c1ccc2c(c1)CN(c1ccccc1)CO2.c1ccc(N2COc3ccc(Cc4ccc5c(c4)CN(c4ccccc4)CO5)cc3C2)cc1. The van der Waals surface area contributed by atoms with E-state index in [4.69, 9.17) is 28.4 Å². The summed E-state index contributed by atoms with van der Waals surface area (Å²) in [5, 5.41) is 0. The standard InChI is InChI=1S/2C31H30N2O2.C29H26N2O2.4C4H8.3CH4/c1-31(2,25-11-15-27(16-12-25)32-19-23-7-3-5-9-29(23)34-21-32)26-13-17-28(18-14-26)33-20-24-8-4-6-10-30(24)35-22-33;1-31(2,25-13-15-29-23(17-25)19-32(21-34-29)27-9-5-3-6-10-27)26-14-16-30-24(18-26)20-33(22-35-30)28-11-7-4-8-12-28;1-3-7-26(8-4-1)30-18-24-16-22(11-13-28(24)32-20-30)15-23-12-14-29-25(17-23)19-31(21-33-29)27-9-5-2-6-10-27;4*1-3-4-2;;;/h2*3-18H,19-22H2,1-2H3;1-14,16-17H,15,18-21H2;4*3H,1,4H2,2H3;3*1H4. The van der Waals surface area contributed by atoms with Crippen LogP contribution in [0.5, 0.6) is 34.5 Å². The third-order valence-corrected chi connectivity index (χ3v) is 22.1. The summed E-state index contributed by atoms with van der Waals surface area (Å²) in [5.41, 5.74) is 22.0. The predicted octanol–water partition coefficient (Wildman–Crippen LogP) is 27.7. The van der Waals surface area contributed by atoms with Gasteiger partial charge in [0, 0.05) is 118 Å². The monoisotopic (exact) mass is 1630 g/mol. The summed E-state index contributed by atoms with van der Waals surface area (Å²) in [6.45, 7) is 39.9. The van der Waals surface area contributed by atoms with Gasteiger partial charge < -0.3 is 57.8 Å². The molecule has 0 saturated carbocycles.